The summed E-state index contributed by atoms with van der Waals surface area (Å²) in [6.45, 7) is 7.78. The molecular weight excluding hydrogens is 434 g/mol. The molecule has 0 saturated carbocycles. The zero-order valence-corrected chi connectivity index (χ0v) is 18.6. The van der Waals surface area contributed by atoms with Crippen molar-refractivity contribution < 1.29 is 9.59 Å². The molecule has 0 aliphatic carbocycles. The van der Waals surface area contributed by atoms with E-state index in [1.54, 1.807) is 10.9 Å². The first-order valence-corrected chi connectivity index (χ1v) is 10.9. The average molecular weight is 462 g/mol. The number of carbonyl (C=O) groups is 2. The summed E-state index contributed by atoms with van der Waals surface area (Å²) in [5.74, 6) is 0.0581. The number of rotatable bonds is 7. The Morgan fingerprint density at radius 3 is 2.48 bits per heavy atom. The Hall–Kier alpha value is -2.19. The van der Waals surface area contributed by atoms with E-state index in [4.69, 9.17) is 0 Å². The second-order valence-corrected chi connectivity index (χ2v) is 8.22. The van der Waals surface area contributed by atoms with E-state index in [2.05, 4.69) is 38.2 Å². The molecule has 2 amide bonds. The van der Waals surface area contributed by atoms with Crippen LogP contribution in [0.5, 0.6) is 0 Å². The number of piperazine rings is 1. The van der Waals surface area contributed by atoms with E-state index in [-0.39, 0.29) is 11.8 Å². The minimum Gasteiger partial charge on any atom is -0.355 e. The van der Waals surface area contributed by atoms with Gasteiger partial charge in [0.2, 0.25) is 5.91 Å². The maximum Gasteiger partial charge on any atom is 0.257 e. The topological polar surface area (TPSA) is 70.5 Å². The number of aromatic nitrogens is 2. The molecule has 1 fully saturated rings. The van der Waals surface area contributed by atoms with Crippen molar-refractivity contribution in [3.63, 3.8) is 0 Å². The van der Waals surface area contributed by atoms with Crippen molar-refractivity contribution in [3.8, 4) is 5.69 Å². The van der Waals surface area contributed by atoms with Gasteiger partial charge in [-0.05, 0) is 37.6 Å². The van der Waals surface area contributed by atoms with E-state index < -0.39 is 0 Å². The molecule has 1 saturated heterocycles. The summed E-state index contributed by atoms with van der Waals surface area (Å²) in [5.41, 5.74) is 2.37. The molecule has 1 aromatic carbocycles. The van der Waals surface area contributed by atoms with Gasteiger partial charge in [0, 0.05) is 37.2 Å². The Morgan fingerprint density at radius 2 is 1.83 bits per heavy atom. The number of benzene rings is 1. The molecule has 0 atom stereocenters. The number of amides is 2. The average Bonchev–Trinajstić information content (AvgIpc) is 3.10. The minimum atomic E-state index is -0.00194. The zero-order chi connectivity index (χ0) is 20.8. The standard InChI is InChI=1S/C21H28BrN5O2/c1-3-4-9-23-20(28)15-25-10-12-26(13-11-25)21(29)19-14-24-27(16(19)2)18-7-5-17(22)6-8-18/h5-8,14H,3-4,9-13,15H2,1-2H3,(H,23,28). The third-order valence-electron chi connectivity index (χ3n) is 5.19. The molecule has 0 spiro atoms. The molecule has 8 heteroatoms. The summed E-state index contributed by atoms with van der Waals surface area (Å²) in [6.07, 6.45) is 3.72. The van der Waals surface area contributed by atoms with E-state index in [0.717, 1.165) is 35.2 Å². The summed E-state index contributed by atoms with van der Waals surface area (Å²) in [4.78, 5) is 28.9. The van der Waals surface area contributed by atoms with Gasteiger partial charge in [-0.2, -0.15) is 5.10 Å². The van der Waals surface area contributed by atoms with Gasteiger partial charge in [-0.15, -0.1) is 0 Å². The summed E-state index contributed by atoms with van der Waals surface area (Å²) in [5, 5.41) is 7.36. The SMILES string of the molecule is CCCCNC(=O)CN1CCN(C(=O)c2cnn(-c3ccc(Br)cc3)c2C)CC1. The van der Waals surface area contributed by atoms with E-state index in [1.807, 2.05) is 36.1 Å². The largest absolute Gasteiger partial charge is 0.355 e. The van der Waals surface area contributed by atoms with Crippen molar-refractivity contribution in [2.45, 2.75) is 26.7 Å². The molecule has 2 aromatic rings. The van der Waals surface area contributed by atoms with Crippen molar-refractivity contribution in [3.05, 3.63) is 46.2 Å². The predicted octanol–water partition coefficient (Wildman–Crippen LogP) is 2.62. The molecule has 1 aliphatic rings. The number of unbranched alkanes of at least 4 members (excludes halogenated alkanes) is 1. The fourth-order valence-electron chi connectivity index (χ4n) is 3.41. The maximum absolute atomic E-state index is 13.0. The van der Waals surface area contributed by atoms with Crippen LogP contribution >= 0.6 is 15.9 Å². The first kappa shape index (κ1) is 21.5. The molecule has 0 radical (unpaired) electrons. The van der Waals surface area contributed by atoms with E-state index in [1.165, 1.54) is 0 Å². The highest BCUT2D eigenvalue weighted by Gasteiger charge is 2.25. The van der Waals surface area contributed by atoms with Crippen LogP contribution in [-0.4, -0.2) is 70.7 Å². The number of nitrogens with one attached hydrogen (secondary N) is 1. The highest BCUT2D eigenvalue weighted by Crippen LogP contribution is 2.19. The Bertz CT molecular complexity index is 841. The second kappa shape index (κ2) is 10.0. The Morgan fingerprint density at radius 1 is 1.14 bits per heavy atom. The van der Waals surface area contributed by atoms with Gasteiger partial charge in [-0.25, -0.2) is 4.68 Å². The molecule has 7 nitrogen and oxygen atoms in total. The van der Waals surface area contributed by atoms with Crippen LogP contribution in [0.1, 0.15) is 35.8 Å². The highest BCUT2D eigenvalue weighted by atomic mass is 79.9. The summed E-state index contributed by atoms with van der Waals surface area (Å²) in [6, 6.07) is 7.83. The Kier molecular flexibility index (Phi) is 7.44. The fourth-order valence-corrected chi connectivity index (χ4v) is 3.67. The van der Waals surface area contributed by atoms with Gasteiger partial charge in [0.25, 0.3) is 5.91 Å². The summed E-state index contributed by atoms with van der Waals surface area (Å²) in [7, 11) is 0. The Balaban J connectivity index is 1.56. The molecule has 3 rings (SSSR count). The monoisotopic (exact) mass is 461 g/mol. The van der Waals surface area contributed by atoms with Crippen molar-refractivity contribution in [1.82, 2.24) is 24.9 Å². The van der Waals surface area contributed by atoms with Crippen LogP contribution in [0.25, 0.3) is 5.69 Å². The van der Waals surface area contributed by atoms with Crippen LogP contribution in [0.4, 0.5) is 0 Å². The number of halogens is 1. The third-order valence-corrected chi connectivity index (χ3v) is 5.72. The van der Waals surface area contributed by atoms with Gasteiger partial charge >= 0.3 is 0 Å². The van der Waals surface area contributed by atoms with Crippen molar-refractivity contribution in [1.29, 1.82) is 0 Å². The van der Waals surface area contributed by atoms with Gasteiger partial charge in [-0.1, -0.05) is 29.3 Å². The molecule has 2 heterocycles. The van der Waals surface area contributed by atoms with E-state index in [0.29, 0.717) is 38.3 Å². The molecular formula is C21H28BrN5O2. The van der Waals surface area contributed by atoms with Crippen LogP contribution < -0.4 is 5.32 Å². The maximum atomic E-state index is 13.0. The van der Waals surface area contributed by atoms with Crippen LogP contribution in [0.2, 0.25) is 0 Å². The molecule has 0 bridgehead atoms. The number of nitrogens with zero attached hydrogens (tertiary/aromatic N) is 4. The van der Waals surface area contributed by atoms with Gasteiger partial charge < -0.3 is 10.2 Å². The van der Waals surface area contributed by atoms with Crippen LogP contribution in [-0.2, 0) is 4.79 Å². The first-order valence-electron chi connectivity index (χ1n) is 10.1. The number of carbonyl (C=O) groups excluding carboxylic acids is 2. The Labute approximate surface area is 180 Å². The van der Waals surface area contributed by atoms with E-state index >= 15 is 0 Å². The van der Waals surface area contributed by atoms with Gasteiger partial charge in [-0.3, -0.25) is 14.5 Å². The summed E-state index contributed by atoms with van der Waals surface area (Å²) >= 11 is 3.43. The molecule has 0 unspecified atom stereocenters. The lowest BCUT2D eigenvalue weighted by Crippen LogP contribution is -2.51. The zero-order valence-electron chi connectivity index (χ0n) is 17.0. The lowest BCUT2D eigenvalue weighted by molar-refractivity contribution is -0.122. The van der Waals surface area contributed by atoms with Gasteiger partial charge in [0.05, 0.1) is 29.7 Å². The van der Waals surface area contributed by atoms with Crippen molar-refractivity contribution >= 4 is 27.7 Å². The van der Waals surface area contributed by atoms with Crippen LogP contribution in [0, 0.1) is 6.92 Å². The van der Waals surface area contributed by atoms with Crippen molar-refractivity contribution in [2.24, 2.45) is 0 Å². The van der Waals surface area contributed by atoms with Crippen LogP contribution in [0.3, 0.4) is 0 Å². The quantitative estimate of drug-likeness (QED) is 0.643. The molecule has 156 valence electrons. The van der Waals surface area contributed by atoms with Gasteiger partial charge in [0.1, 0.15) is 0 Å². The van der Waals surface area contributed by atoms with Gasteiger partial charge in [0.15, 0.2) is 0 Å². The molecule has 1 aliphatic heterocycles. The van der Waals surface area contributed by atoms with Crippen molar-refractivity contribution in [2.75, 3.05) is 39.3 Å². The number of hydrogen-bond donors (Lipinski definition) is 1. The minimum absolute atomic E-state index is 0.00194. The summed E-state index contributed by atoms with van der Waals surface area (Å²) < 4.78 is 2.79. The molecule has 1 N–H and O–H groups in total. The second-order valence-electron chi connectivity index (χ2n) is 7.30. The normalized spacial score (nSPS) is 14.8. The molecule has 29 heavy (non-hydrogen) atoms. The fraction of sp³-hybridized carbons (Fsp3) is 0.476. The highest BCUT2D eigenvalue weighted by molar-refractivity contribution is 9.10. The first-order chi connectivity index (χ1) is 14.0. The predicted molar refractivity (Wildman–Crippen MR) is 116 cm³/mol. The third kappa shape index (κ3) is 5.45. The smallest absolute Gasteiger partial charge is 0.257 e. The van der Waals surface area contributed by atoms with Crippen LogP contribution in [0.15, 0.2) is 34.9 Å². The lowest BCUT2D eigenvalue weighted by Gasteiger charge is -2.34. The molecule has 1 aromatic heterocycles. The van der Waals surface area contributed by atoms with E-state index in [9.17, 15) is 9.59 Å². The lowest BCUT2D eigenvalue weighted by atomic mass is 10.2. The number of hydrogen-bond acceptors (Lipinski definition) is 4.